The Morgan fingerprint density at radius 2 is 1.94 bits per heavy atom. The van der Waals surface area contributed by atoms with Crippen LogP contribution in [0.2, 0.25) is 0 Å². The molecule has 0 amide bonds. The number of hydrogen-bond acceptors (Lipinski definition) is 2. The molecule has 1 aliphatic rings. The van der Waals surface area contributed by atoms with Crippen LogP contribution < -0.4 is 0 Å². The highest BCUT2D eigenvalue weighted by atomic mass is 16.3. The molecule has 0 aromatic heterocycles. The van der Waals surface area contributed by atoms with Crippen LogP contribution in [0.4, 0.5) is 0 Å². The Bertz CT molecular complexity index is 636. The van der Waals surface area contributed by atoms with Gasteiger partial charge in [0.05, 0.1) is 11.6 Å². The molecule has 0 saturated heterocycles. The molecular weight excluding hydrogens is 222 g/mol. The van der Waals surface area contributed by atoms with Crippen LogP contribution >= 0.6 is 0 Å². The molecule has 1 saturated carbocycles. The topological polar surface area (TPSA) is 44.0 Å². The summed E-state index contributed by atoms with van der Waals surface area (Å²) in [4.78, 5) is 0. The van der Waals surface area contributed by atoms with Crippen molar-refractivity contribution in [3.05, 3.63) is 53.6 Å². The number of rotatable bonds is 2. The second-order valence-corrected chi connectivity index (χ2v) is 4.74. The minimum absolute atomic E-state index is 0.133. The summed E-state index contributed by atoms with van der Waals surface area (Å²) >= 11 is 0. The first-order valence-electron chi connectivity index (χ1n) is 6.11. The second kappa shape index (κ2) is 4.19. The van der Waals surface area contributed by atoms with Gasteiger partial charge in [0.15, 0.2) is 0 Å². The van der Waals surface area contributed by atoms with Gasteiger partial charge in [-0.1, -0.05) is 24.3 Å². The highest BCUT2D eigenvalue weighted by Crippen LogP contribution is 2.41. The number of benzene rings is 2. The molecule has 1 aliphatic carbocycles. The van der Waals surface area contributed by atoms with E-state index in [0.29, 0.717) is 11.5 Å². The SMILES string of the molecule is N#Cc1cc(O)ccc1-c1cccc(C2CC2)c1. The molecule has 0 heterocycles. The van der Waals surface area contributed by atoms with Crippen LogP contribution in [-0.4, -0.2) is 5.11 Å². The summed E-state index contributed by atoms with van der Waals surface area (Å²) in [6, 6.07) is 15.4. The number of aromatic hydroxyl groups is 1. The monoisotopic (exact) mass is 235 g/mol. The molecule has 0 unspecified atom stereocenters. The molecule has 0 bridgehead atoms. The molecule has 1 fully saturated rings. The Labute approximate surface area is 106 Å². The fourth-order valence-corrected chi connectivity index (χ4v) is 2.25. The highest BCUT2D eigenvalue weighted by molar-refractivity contribution is 5.72. The summed E-state index contributed by atoms with van der Waals surface area (Å²) in [7, 11) is 0. The summed E-state index contributed by atoms with van der Waals surface area (Å²) in [5.41, 5.74) is 3.81. The molecule has 3 rings (SSSR count). The predicted molar refractivity (Wildman–Crippen MR) is 70.2 cm³/mol. The van der Waals surface area contributed by atoms with E-state index in [1.54, 1.807) is 12.1 Å². The number of hydrogen-bond donors (Lipinski definition) is 1. The largest absolute Gasteiger partial charge is 0.508 e. The van der Waals surface area contributed by atoms with Gasteiger partial charge in [-0.3, -0.25) is 0 Å². The van der Waals surface area contributed by atoms with Crippen molar-refractivity contribution in [3.8, 4) is 22.9 Å². The Balaban J connectivity index is 2.09. The van der Waals surface area contributed by atoms with Crippen molar-refractivity contribution in [1.82, 2.24) is 0 Å². The third kappa shape index (κ3) is 1.96. The minimum Gasteiger partial charge on any atom is -0.508 e. The predicted octanol–water partition coefficient (Wildman–Crippen LogP) is 3.81. The first kappa shape index (κ1) is 10.9. The van der Waals surface area contributed by atoms with E-state index in [4.69, 9.17) is 5.26 Å². The quantitative estimate of drug-likeness (QED) is 0.860. The Morgan fingerprint density at radius 3 is 2.67 bits per heavy atom. The van der Waals surface area contributed by atoms with Gasteiger partial charge in [0.25, 0.3) is 0 Å². The molecule has 2 nitrogen and oxygen atoms in total. The van der Waals surface area contributed by atoms with E-state index < -0.39 is 0 Å². The lowest BCUT2D eigenvalue weighted by atomic mass is 9.97. The lowest BCUT2D eigenvalue weighted by Crippen LogP contribution is -1.86. The van der Waals surface area contributed by atoms with Crippen molar-refractivity contribution < 1.29 is 5.11 Å². The van der Waals surface area contributed by atoms with Gasteiger partial charge in [0, 0.05) is 0 Å². The van der Waals surface area contributed by atoms with E-state index in [0.717, 1.165) is 11.1 Å². The number of nitrogens with zero attached hydrogens (tertiary/aromatic N) is 1. The molecule has 18 heavy (non-hydrogen) atoms. The normalized spacial score (nSPS) is 14.2. The van der Waals surface area contributed by atoms with Gasteiger partial charge in [-0.05, 0) is 53.6 Å². The van der Waals surface area contributed by atoms with Crippen LogP contribution in [0.25, 0.3) is 11.1 Å². The summed E-state index contributed by atoms with van der Waals surface area (Å²) in [6.45, 7) is 0. The van der Waals surface area contributed by atoms with Gasteiger partial charge in [-0.15, -0.1) is 0 Å². The number of nitriles is 1. The van der Waals surface area contributed by atoms with Gasteiger partial charge in [-0.2, -0.15) is 5.26 Å². The summed E-state index contributed by atoms with van der Waals surface area (Å²) in [5.74, 6) is 0.834. The fraction of sp³-hybridized carbons (Fsp3) is 0.188. The van der Waals surface area contributed by atoms with Gasteiger partial charge in [0.2, 0.25) is 0 Å². The lowest BCUT2D eigenvalue weighted by molar-refractivity contribution is 0.475. The third-order valence-electron chi connectivity index (χ3n) is 3.37. The summed E-state index contributed by atoms with van der Waals surface area (Å²) in [6.07, 6.45) is 2.54. The molecule has 0 aliphatic heterocycles. The average Bonchev–Trinajstić information content (AvgIpc) is 3.23. The zero-order valence-electron chi connectivity index (χ0n) is 9.93. The fourth-order valence-electron chi connectivity index (χ4n) is 2.25. The maximum Gasteiger partial charge on any atom is 0.116 e. The molecule has 2 aromatic rings. The van der Waals surface area contributed by atoms with Gasteiger partial charge in [0.1, 0.15) is 5.75 Å². The van der Waals surface area contributed by atoms with Crippen LogP contribution in [0.1, 0.15) is 29.9 Å². The van der Waals surface area contributed by atoms with Crippen molar-refractivity contribution in [2.24, 2.45) is 0 Å². The molecule has 0 atom stereocenters. The smallest absolute Gasteiger partial charge is 0.116 e. The minimum atomic E-state index is 0.133. The molecule has 0 radical (unpaired) electrons. The van der Waals surface area contributed by atoms with Crippen LogP contribution in [0.3, 0.4) is 0 Å². The third-order valence-corrected chi connectivity index (χ3v) is 3.37. The lowest BCUT2D eigenvalue weighted by Gasteiger charge is -2.07. The Kier molecular flexibility index (Phi) is 2.53. The first-order valence-corrected chi connectivity index (χ1v) is 6.11. The van der Waals surface area contributed by atoms with Crippen molar-refractivity contribution in [2.75, 3.05) is 0 Å². The van der Waals surface area contributed by atoms with Gasteiger partial charge >= 0.3 is 0 Å². The zero-order chi connectivity index (χ0) is 12.5. The van der Waals surface area contributed by atoms with Gasteiger partial charge in [-0.25, -0.2) is 0 Å². The van der Waals surface area contributed by atoms with Crippen molar-refractivity contribution in [2.45, 2.75) is 18.8 Å². The van der Waals surface area contributed by atoms with E-state index >= 15 is 0 Å². The molecule has 88 valence electrons. The first-order chi connectivity index (χ1) is 8.78. The highest BCUT2D eigenvalue weighted by Gasteiger charge is 2.23. The van der Waals surface area contributed by atoms with E-state index in [1.165, 1.54) is 24.5 Å². The van der Waals surface area contributed by atoms with E-state index in [2.05, 4.69) is 18.2 Å². The number of phenolic OH excluding ortho intramolecular Hbond substituents is 1. The van der Waals surface area contributed by atoms with Crippen LogP contribution in [0, 0.1) is 11.3 Å². The molecule has 1 N–H and O–H groups in total. The van der Waals surface area contributed by atoms with Gasteiger partial charge < -0.3 is 5.11 Å². The van der Waals surface area contributed by atoms with E-state index in [9.17, 15) is 5.11 Å². The van der Waals surface area contributed by atoms with Crippen molar-refractivity contribution >= 4 is 0 Å². The molecule has 2 aromatic carbocycles. The van der Waals surface area contributed by atoms with E-state index in [1.807, 2.05) is 12.1 Å². The second-order valence-electron chi connectivity index (χ2n) is 4.74. The summed E-state index contributed by atoms with van der Waals surface area (Å²) in [5, 5.41) is 18.6. The maximum atomic E-state index is 9.42. The van der Waals surface area contributed by atoms with E-state index in [-0.39, 0.29) is 5.75 Å². The summed E-state index contributed by atoms with van der Waals surface area (Å²) < 4.78 is 0. The zero-order valence-corrected chi connectivity index (χ0v) is 9.93. The Morgan fingerprint density at radius 1 is 1.11 bits per heavy atom. The molecule has 2 heteroatoms. The molecule has 0 spiro atoms. The van der Waals surface area contributed by atoms with Crippen molar-refractivity contribution in [3.63, 3.8) is 0 Å². The Hall–Kier alpha value is -2.27. The van der Waals surface area contributed by atoms with Crippen molar-refractivity contribution in [1.29, 1.82) is 5.26 Å². The number of phenols is 1. The molecular formula is C16H13NO. The van der Waals surface area contributed by atoms with Crippen LogP contribution in [0.5, 0.6) is 5.75 Å². The van der Waals surface area contributed by atoms with Crippen LogP contribution in [0.15, 0.2) is 42.5 Å². The van der Waals surface area contributed by atoms with Crippen LogP contribution in [-0.2, 0) is 0 Å². The standard InChI is InChI=1S/C16H13NO/c17-10-14-9-15(18)6-7-16(14)13-3-1-2-12(8-13)11-4-5-11/h1-3,6-9,11,18H,4-5H2. The average molecular weight is 235 g/mol. The maximum absolute atomic E-state index is 9.42.